The number of para-hydroxylation sites is 2. The molecule has 0 heterocycles. The molecule has 2 aromatic carbocycles. The SMILES string of the molecule is CCOc1ccc(Nc2ccccc2N)cc1C. The van der Waals surface area contributed by atoms with E-state index in [-0.39, 0.29) is 0 Å². The third kappa shape index (κ3) is 2.74. The van der Waals surface area contributed by atoms with Crippen LogP contribution in [0.2, 0.25) is 0 Å². The van der Waals surface area contributed by atoms with E-state index in [9.17, 15) is 0 Å². The standard InChI is InChI=1S/C15H18N2O/c1-3-18-15-9-8-12(10-11(15)2)17-14-7-5-4-6-13(14)16/h4-10,17H,3,16H2,1-2H3. The lowest BCUT2D eigenvalue weighted by molar-refractivity contribution is 0.338. The maximum Gasteiger partial charge on any atom is 0.122 e. The topological polar surface area (TPSA) is 47.3 Å². The van der Waals surface area contributed by atoms with Gasteiger partial charge in [-0.25, -0.2) is 0 Å². The van der Waals surface area contributed by atoms with Crippen LogP contribution in [0.15, 0.2) is 42.5 Å². The molecule has 0 saturated carbocycles. The molecule has 0 radical (unpaired) electrons. The van der Waals surface area contributed by atoms with Gasteiger partial charge < -0.3 is 15.8 Å². The number of aryl methyl sites for hydroxylation is 1. The summed E-state index contributed by atoms with van der Waals surface area (Å²) < 4.78 is 5.51. The van der Waals surface area contributed by atoms with Gasteiger partial charge >= 0.3 is 0 Å². The Kier molecular flexibility index (Phi) is 3.72. The lowest BCUT2D eigenvalue weighted by Crippen LogP contribution is -1.98. The van der Waals surface area contributed by atoms with Crippen molar-refractivity contribution in [3.63, 3.8) is 0 Å². The largest absolute Gasteiger partial charge is 0.494 e. The van der Waals surface area contributed by atoms with Crippen molar-refractivity contribution in [1.29, 1.82) is 0 Å². The number of anilines is 3. The van der Waals surface area contributed by atoms with Crippen molar-refractivity contribution >= 4 is 17.1 Å². The summed E-state index contributed by atoms with van der Waals surface area (Å²) in [5, 5.41) is 3.30. The number of nitrogens with two attached hydrogens (primary N) is 1. The minimum absolute atomic E-state index is 0.680. The van der Waals surface area contributed by atoms with E-state index in [0.29, 0.717) is 6.61 Å². The third-order valence-corrected chi connectivity index (χ3v) is 2.71. The Morgan fingerprint density at radius 2 is 1.94 bits per heavy atom. The van der Waals surface area contributed by atoms with Gasteiger partial charge in [-0.1, -0.05) is 12.1 Å². The van der Waals surface area contributed by atoms with Gasteiger partial charge in [0.05, 0.1) is 18.0 Å². The molecule has 0 aliphatic carbocycles. The summed E-state index contributed by atoms with van der Waals surface area (Å²) in [6.45, 7) is 4.69. The van der Waals surface area contributed by atoms with Crippen molar-refractivity contribution < 1.29 is 4.74 Å². The average Bonchev–Trinajstić information content (AvgIpc) is 2.36. The van der Waals surface area contributed by atoms with Crippen LogP contribution in [0, 0.1) is 6.92 Å². The van der Waals surface area contributed by atoms with Crippen molar-refractivity contribution in [1.82, 2.24) is 0 Å². The molecule has 3 heteroatoms. The number of ether oxygens (including phenoxy) is 1. The van der Waals surface area contributed by atoms with Crippen LogP contribution in [0.3, 0.4) is 0 Å². The average molecular weight is 242 g/mol. The second kappa shape index (κ2) is 5.45. The highest BCUT2D eigenvalue weighted by molar-refractivity contribution is 5.72. The molecule has 0 aliphatic rings. The lowest BCUT2D eigenvalue weighted by atomic mass is 10.2. The number of hydrogen-bond donors (Lipinski definition) is 2. The highest BCUT2D eigenvalue weighted by Gasteiger charge is 2.02. The molecule has 18 heavy (non-hydrogen) atoms. The number of nitrogens with one attached hydrogen (secondary N) is 1. The molecule has 0 aliphatic heterocycles. The van der Waals surface area contributed by atoms with Gasteiger partial charge in [0.15, 0.2) is 0 Å². The molecule has 2 aromatic rings. The monoisotopic (exact) mass is 242 g/mol. The summed E-state index contributed by atoms with van der Waals surface area (Å²) in [5.41, 5.74) is 9.67. The van der Waals surface area contributed by atoms with Gasteiger partial charge in [0, 0.05) is 5.69 Å². The molecule has 0 bridgehead atoms. The van der Waals surface area contributed by atoms with E-state index in [2.05, 4.69) is 11.4 Å². The molecule has 3 N–H and O–H groups in total. The van der Waals surface area contributed by atoms with Gasteiger partial charge in [0.25, 0.3) is 0 Å². The van der Waals surface area contributed by atoms with E-state index in [0.717, 1.165) is 28.4 Å². The first-order valence-electron chi connectivity index (χ1n) is 6.05. The Morgan fingerprint density at radius 1 is 1.17 bits per heavy atom. The first kappa shape index (κ1) is 12.3. The van der Waals surface area contributed by atoms with Crippen LogP contribution in [0.5, 0.6) is 5.75 Å². The zero-order valence-electron chi connectivity index (χ0n) is 10.7. The summed E-state index contributed by atoms with van der Waals surface area (Å²) in [6.07, 6.45) is 0. The Hall–Kier alpha value is -2.16. The Morgan fingerprint density at radius 3 is 2.61 bits per heavy atom. The van der Waals surface area contributed by atoms with E-state index >= 15 is 0 Å². The highest BCUT2D eigenvalue weighted by atomic mass is 16.5. The van der Waals surface area contributed by atoms with Crippen LogP contribution >= 0.6 is 0 Å². The van der Waals surface area contributed by atoms with Crippen LogP contribution in [0.25, 0.3) is 0 Å². The lowest BCUT2D eigenvalue weighted by Gasteiger charge is -2.12. The van der Waals surface area contributed by atoms with Crippen LogP contribution in [0.1, 0.15) is 12.5 Å². The van der Waals surface area contributed by atoms with Crippen LogP contribution in [-0.2, 0) is 0 Å². The van der Waals surface area contributed by atoms with Crippen LogP contribution in [-0.4, -0.2) is 6.61 Å². The van der Waals surface area contributed by atoms with Crippen LogP contribution in [0.4, 0.5) is 17.1 Å². The van der Waals surface area contributed by atoms with Crippen molar-refractivity contribution in [2.75, 3.05) is 17.7 Å². The van der Waals surface area contributed by atoms with Gasteiger partial charge in [0.2, 0.25) is 0 Å². The first-order chi connectivity index (χ1) is 8.70. The molecule has 2 rings (SSSR count). The fraction of sp³-hybridized carbons (Fsp3) is 0.200. The number of rotatable bonds is 4. The maximum atomic E-state index is 5.90. The van der Waals surface area contributed by atoms with Gasteiger partial charge in [-0.15, -0.1) is 0 Å². The third-order valence-electron chi connectivity index (χ3n) is 2.71. The minimum atomic E-state index is 0.680. The van der Waals surface area contributed by atoms with Crippen molar-refractivity contribution in [2.24, 2.45) is 0 Å². The molecule has 0 amide bonds. The maximum absolute atomic E-state index is 5.90. The van der Waals surface area contributed by atoms with E-state index in [4.69, 9.17) is 10.5 Å². The molecule has 94 valence electrons. The number of benzene rings is 2. The second-order valence-corrected chi connectivity index (χ2v) is 4.13. The van der Waals surface area contributed by atoms with Crippen molar-refractivity contribution in [2.45, 2.75) is 13.8 Å². The van der Waals surface area contributed by atoms with E-state index < -0.39 is 0 Å². The van der Waals surface area contributed by atoms with E-state index in [1.54, 1.807) is 0 Å². The molecule has 0 fully saturated rings. The minimum Gasteiger partial charge on any atom is -0.494 e. The molecule has 0 unspecified atom stereocenters. The highest BCUT2D eigenvalue weighted by Crippen LogP contribution is 2.26. The quantitative estimate of drug-likeness (QED) is 0.803. The fourth-order valence-corrected chi connectivity index (χ4v) is 1.81. The van der Waals surface area contributed by atoms with Gasteiger partial charge in [-0.3, -0.25) is 0 Å². The van der Waals surface area contributed by atoms with Crippen molar-refractivity contribution in [3.05, 3.63) is 48.0 Å². The van der Waals surface area contributed by atoms with E-state index in [1.807, 2.05) is 50.2 Å². The van der Waals surface area contributed by atoms with E-state index in [1.165, 1.54) is 0 Å². The number of hydrogen-bond acceptors (Lipinski definition) is 3. The summed E-state index contributed by atoms with van der Waals surface area (Å²) in [4.78, 5) is 0. The molecule has 3 nitrogen and oxygen atoms in total. The molecular formula is C15H18N2O. The van der Waals surface area contributed by atoms with Gasteiger partial charge in [-0.2, -0.15) is 0 Å². The summed E-state index contributed by atoms with van der Waals surface area (Å²) in [6, 6.07) is 13.7. The van der Waals surface area contributed by atoms with Gasteiger partial charge in [0.1, 0.15) is 5.75 Å². The molecule has 0 saturated heterocycles. The first-order valence-corrected chi connectivity index (χ1v) is 6.05. The predicted molar refractivity (Wildman–Crippen MR) is 76.5 cm³/mol. The molecular weight excluding hydrogens is 224 g/mol. The smallest absolute Gasteiger partial charge is 0.122 e. The zero-order valence-corrected chi connectivity index (χ0v) is 10.7. The van der Waals surface area contributed by atoms with Crippen molar-refractivity contribution in [3.8, 4) is 5.75 Å². The predicted octanol–water partition coefficient (Wildman–Crippen LogP) is 3.72. The summed E-state index contributed by atoms with van der Waals surface area (Å²) in [7, 11) is 0. The number of nitrogen functional groups attached to an aromatic ring is 1. The Bertz CT molecular complexity index is 538. The summed E-state index contributed by atoms with van der Waals surface area (Å²) in [5.74, 6) is 0.920. The molecule has 0 atom stereocenters. The zero-order chi connectivity index (χ0) is 13.0. The second-order valence-electron chi connectivity index (χ2n) is 4.13. The molecule has 0 spiro atoms. The summed E-state index contributed by atoms with van der Waals surface area (Å²) >= 11 is 0. The fourth-order valence-electron chi connectivity index (χ4n) is 1.81. The Labute approximate surface area is 108 Å². The molecule has 0 aromatic heterocycles. The van der Waals surface area contributed by atoms with Gasteiger partial charge in [-0.05, 0) is 49.7 Å². The Balaban J connectivity index is 2.20. The normalized spacial score (nSPS) is 10.1. The van der Waals surface area contributed by atoms with Crippen LogP contribution < -0.4 is 15.8 Å².